The van der Waals surface area contributed by atoms with Crippen molar-refractivity contribution in [3.63, 3.8) is 0 Å². The van der Waals surface area contributed by atoms with Crippen LogP contribution < -0.4 is 5.32 Å². The van der Waals surface area contributed by atoms with E-state index in [0.29, 0.717) is 0 Å². The normalized spacial score (nSPS) is 38.8. The summed E-state index contributed by atoms with van der Waals surface area (Å²) in [6, 6.07) is 0.882. The minimum absolute atomic E-state index is 0.882. The second-order valence-corrected chi connectivity index (χ2v) is 5.29. The van der Waals surface area contributed by atoms with Gasteiger partial charge in [0.05, 0.1) is 0 Å². The molecule has 2 aliphatic rings. The summed E-state index contributed by atoms with van der Waals surface area (Å²) in [5.74, 6) is 1.36. The van der Waals surface area contributed by atoms with Crippen LogP contribution in [0.2, 0.25) is 0 Å². The number of nitrogens with zero attached hydrogens (tertiary/aromatic N) is 1. The lowest BCUT2D eigenvalue weighted by Gasteiger charge is -2.32. The minimum atomic E-state index is 0.882. The monoisotopic (exact) mass is 186 g/mol. The van der Waals surface area contributed by atoms with Crippen molar-refractivity contribution >= 4 is 11.8 Å². The van der Waals surface area contributed by atoms with Gasteiger partial charge in [-0.3, -0.25) is 4.90 Å². The molecule has 12 heavy (non-hydrogen) atoms. The van der Waals surface area contributed by atoms with Gasteiger partial charge in [0.15, 0.2) is 0 Å². The Hall–Kier alpha value is 0.270. The second kappa shape index (κ2) is 3.99. The van der Waals surface area contributed by atoms with Crippen LogP contribution in [-0.4, -0.2) is 48.1 Å². The summed E-state index contributed by atoms with van der Waals surface area (Å²) in [6.45, 7) is 7.26. The van der Waals surface area contributed by atoms with Gasteiger partial charge in [0, 0.05) is 43.2 Å². The van der Waals surface area contributed by atoms with Crippen LogP contribution in [0.4, 0.5) is 0 Å². The smallest absolute Gasteiger partial charge is 0.0197 e. The summed E-state index contributed by atoms with van der Waals surface area (Å²) < 4.78 is 0. The lowest BCUT2D eigenvalue weighted by Crippen LogP contribution is -2.48. The molecule has 70 valence electrons. The molecule has 2 saturated heterocycles. The van der Waals surface area contributed by atoms with Crippen LogP contribution in [0.5, 0.6) is 0 Å². The zero-order valence-electron chi connectivity index (χ0n) is 7.75. The Kier molecular flexibility index (Phi) is 2.94. The Morgan fingerprint density at radius 3 is 2.67 bits per heavy atom. The van der Waals surface area contributed by atoms with Crippen molar-refractivity contribution in [2.45, 2.75) is 24.6 Å². The molecule has 2 fully saturated rings. The molecule has 0 spiro atoms. The van der Waals surface area contributed by atoms with Crippen LogP contribution >= 0.6 is 11.8 Å². The first kappa shape index (κ1) is 8.85. The summed E-state index contributed by atoms with van der Waals surface area (Å²) in [5, 5.41) is 4.29. The number of hydrogen-bond acceptors (Lipinski definition) is 3. The first-order chi connectivity index (χ1) is 5.86. The maximum Gasteiger partial charge on any atom is 0.0197 e. The third-order valence-corrected chi connectivity index (χ3v) is 4.18. The highest BCUT2D eigenvalue weighted by Gasteiger charge is 2.27. The van der Waals surface area contributed by atoms with Gasteiger partial charge in [0.25, 0.3) is 0 Å². The van der Waals surface area contributed by atoms with E-state index in [0.717, 1.165) is 11.3 Å². The number of nitrogens with one attached hydrogen (secondary N) is 1. The SMILES string of the molecule is CC1CC(N2CCNCC2)CS1. The highest BCUT2D eigenvalue weighted by Crippen LogP contribution is 2.29. The Morgan fingerprint density at radius 2 is 2.08 bits per heavy atom. The molecular formula is C9H18N2S. The summed E-state index contributed by atoms with van der Waals surface area (Å²) in [5.41, 5.74) is 0. The van der Waals surface area contributed by atoms with Crippen molar-refractivity contribution in [3.8, 4) is 0 Å². The van der Waals surface area contributed by atoms with Crippen LogP contribution in [0, 0.1) is 0 Å². The Balaban J connectivity index is 1.83. The average Bonchev–Trinajstić information content (AvgIpc) is 2.54. The van der Waals surface area contributed by atoms with E-state index in [2.05, 4.69) is 28.9 Å². The predicted octanol–water partition coefficient (Wildman–Crippen LogP) is 0.786. The van der Waals surface area contributed by atoms with E-state index < -0.39 is 0 Å². The molecule has 1 N–H and O–H groups in total. The van der Waals surface area contributed by atoms with E-state index in [4.69, 9.17) is 0 Å². The molecule has 0 saturated carbocycles. The highest BCUT2D eigenvalue weighted by atomic mass is 32.2. The molecule has 0 aromatic rings. The van der Waals surface area contributed by atoms with Crippen LogP contribution in [0.1, 0.15) is 13.3 Å². The van der Waals surface area contributed by atoms with Crippen LogP contribution in [0.15, 0.2) is 0 Å². The Bertz CT molecular complexity index is 143. The van der Waals surface area contributed by atoms with Gasteiger partial charge < -0.3 is 5.32 Å². The van der Waals surface area contributed by atoms with Crippen LogP contribution in [0.3, 0.4) is 0 Å². The zero-order chi connectivity index (χ0) is 8.39. The predicted molar refractivity (Wildman–Crippen MR) is 54.8 cm³/mol. The van der Waals surface area contributed by atoms with Gasteiger partial charge in [-0.25, -0.2) is 0 Å². The third kappa shape index (κ3) is 1.95. The Labute approximate surface area is 79.1 Å². The molecule has 2 heterocycles. The van der Waals surface area contributed by atoms with Crippen LogP contribution in [0.25, 0.3) is 0 Å². The van der Waals surface area contributed by atoms with E-state index in [1.807, 2.05) is 0 Å². The summed E-state index contributed by atoms with van der Waals surface area (Å²) >= 11 is 2.14. The quantitative estimate of drug-likeness (QED) is 0.652. The fourth-order valence-electron chi connectivity index (χ4n) is 2.10. The van der Waals surface area contributed by atoms with Crippen LogP contribution in [-0.2, 0) is 0 Å². The largest absolute Gasteiger partial charge is 0.314 e. The van der Waals surface area contributed by atoms with Gasteiger partial charge in [-0.05, 0) is 6.42 Å². The summed E-state index contributed by atoms with van der Waals surface area (Å²) in [4.78, 5) is 2.66. The molecule has 3 heteroatoms. The number of rotatable bonds is 1. The van der Waals surface area contributed by atoms with E-state index in [9.17, 15) is 0 Å². The Morgan fingerprint density at radius 1 is 1.33 bits per heavy atom. The van der Waals surface area contributed by atoms with Crippen molar-refractivity contribution in [2.24, 2.45) is 0 Å². The minimum Gasteiger partial charge on any atom is -0.314 e. The molecule has 2 aliphatic heterocycles. The zero-order valence-corrected chi connectivity index (χ0v) is 8.57. The fraction of sp³-hybridized carbons (Fsp3) is 1.00. The molecule has 2 rings (SSSR count). The lowest BCUT2D eigenvalue weighted by atomic mass is 10.1. The molecule has 2 nitrogen and oxygen atoms in total. The molecule has 0 aliphatic carbocycles. The number of thioether (sulfide) groups is 1. The average molecular weight is 186 g/mol. The van der Waals surface area contributed by atoms with Gasteiger partial charge in [0.1, 0.15) is 0 Å². The van der Waals surface area contributed by atoms with Gasteiger partial charge in [0.2, 0.25) is 0 Å². The second-order valence-electron chi connectivity index (χ2n) is 3.82. The standard InChI is InChI=1S/C9H18N2S/c1-8-6-9(7-12-8)11-4-2-10-3-5-11/h8-10H,2-7H2,1H3. The van der Waals surface area contributed by atoms with Crippen molar-refractivity contribution in [1.29, 1.82) is 0 Å². The van der Waals surface area contributed by atoms with Gasteiger partial charge in [-0.2, -0.15) is 11.8 Å². The highest BCUT2D eigenvalue weighted by molar-refractivity contribution is 8.00. The first-order valence-corrected chi connectivity index (χ1v) is 5.97. The molecule has 2 unspecified atom stereocenters. The topological polar surface area (TPSA) is 15.3 Å². The third-order valence-electron chi connectivity index (χ3n) is 2.85. The molecular weight excluding hydrogens is 168 g/mol. The maximum absolute atomic E-state index is 3.40. The fourth-order valence-corrected chi connectivity index (χ4v) is 3.35. The molecule has 0 aromatic heterocycles. The molecule has 2 atom stereocenters. The first-order valence-electron chi connectivity index (χ1n) is 4.92. The summed E-state index contributed by atoms with van der Waals surface area (Å²) in [7, 11) is 0. The van der Waals surface area contributed by atoms with Gasteiger partial charge in [-0.15, -0.1) is 0 Å². The molecule has 0 aromatic carbocycles. The molecule has 0 bridgehead atoms. The molecule has 0 amide bonds. The number of hydrogen-bond donors (Lipinski definition) is 1. The maximum atomic E-state index is 3.40. The van der Waals surface area contributed by atoms with Gasteiger partial charge >= 0.3 is 0 Å². The van der Waals surface area contributed by atoms with Crippen molar-refractivity contribution in [3.05, 3.63) is 0 Å². The summed E-state index contributed by atoms with van der Waals surface area (Å²) in [6.07, 6.45) is 1.41. The number of piperazine rings is 1. The van der Waals surface area contributed by atoms with Crippen molar-refractivity contribution in [1.82, 2.24) is 10.2 Å². The van der Waals surface area contributed by atoms with E-state index in [-0.39, 0.29) is 0 Å². The van der Waals surface area contributed by atoms with Gasteiger partial charge in [-0.1, -0.05) is 6.92 Å². The lowest BCUT2D eigenvalue weighted by molar-refractivity contribution is 0.185. The van der Waals surface area contributed by atoms with Crippen molar-refractivity contribution < 1.29 is 0 Å². The van der Waals surface area contributed by atoms with E-state index in [1.54, 1.807) is 0 Å². The van der Waals surface area contributed by atoms with E-state index in [1.165, 1.54) is 38.4 Å². The van der Waals surface area contributed by atoms with E-state index >= 15 is 0 Å². The molecule has 0 radical (unpaired) electrons. The van der Waals surface area contributed by atoms with Crippen molar-refractivity contribution in [2.75, 3.05) is 31.9 Å².